The van der Waals surface area contributed by atoms with Crippen molar-refractivity contribution in [3.63, 3.8) is 0 Å². The lowest BCUT2D eigenvalue weighted by atomic mass is 10.2. The molecule has 5 nitrogen and oxygen atoms in total. The van der Waals surface area contributed by atoms with Gasteiger partial charge in [-0.15, -0.1) is 11.8 Å². The van der Waals surface area contributed by atoms with Gasteiger partial charge in [-0.1, -0.05) is 42.5 Å². The van der Waals surface area contributed by atoms with Crippen LogP contribution in [0.1, 0.15) is 12.5 Å². The maximum Gasteiger partial charge on any atom is 0.266 e. The number of amides is 1. The first-order valence-electron chi connectivity index (χ1n) is 5.78. The third kappa shape index (κ3) is 6.47. The summed E-state index contributed by atoms with van der Waals surface area (Å²) in [6.45, 7) is 1.56. The number of thiocarbonyl (C=S) groups is 1. The van der Waals surface area contributed by atoms with Gasteiger partial charge < -0.3 is 5.32 Å². The predicted octanol–water partition coefficient (Wildman–Crippen LogP) is 1.49. The summed E-state index contributed by atoms with van der Waals surface area (Å²) in [5.74, 6) is -0.823. The minimum atomic E-state index is -4.06. The molecule has 0 spiro atoms. The van der Waals surface area contributed by atoms with Crippen molar-refractivity contribution in [3.8, 4) is 0 Å². The lowest BCUT2D eigenvalue weighted by Crippen LogP contribution is -2.34. The smallest absolute Gasteiger partial charge is 0.266 e. The number of carbonyl (C=O) groups excluding carboxylic acids is 1. The zero-order valence-corrected chi connectivity index (χ0v) is 13.2. The Kier molecular flexibility index (Phi) is 6.60. The molecule has 1 unspecified atom stereocenters. The van der Waals surface area contributed by atoms with Gasteiger partial charge in [0.1, 0.15) is 0 Å². The summed E-state index contributed by atoms with van der Waals surface area (Å²) in [5.41, 5.74) is 0.866. The summed E-state index contributed by atoms with van der Waals surface area (Å²) < 4.78 is 30.2. The van der Waals surface area contributed by atoms with Crippen molar-refractivity contribution in [1.82, 2.24) is 5.32 Å². The van der Waals surface area contributed by atoms with Crippen LogP contribution < -0.4 is 5.32 Å². The monoisotopic (exact) mass is 333 g/mol. The molecule has 1 atom stereocenters. The van der Waals surface area contributed by atoms with Gasteiger partial charge in [0.15, 0.2) is 0 Å². The van der Waals surface area contributed by atoms with Gasteiger partial charge in [0, 0.05) is 6.54 Å². The van der Waals surface area contributed by atoms with Crippen LogP contribution in [0.5, 0.6) is 0 Å². The highest BCUT2D eigenvalue weighted by Crippen LogP contribution is 2.19. The molecule has 0 bridgehead atoms. The summed E-state index contributed by atoms with van der Waals surface area (Å²) >= 11 is 6.46. The fourth-order valence-electron chi connectivity index (χ4n) is 1.30. The minimum Gasteiger partial charge on any atom is -0.354 e. The van der Waals surface area contributed by atoms with Crippen molar-refractivity contribution in [2.24, 2.45) is 0 Å². The van der Waals surface area contributed by atoms with Crippen LogP contribution >= 0.6 is 24.0 Å². The second kappa shape index (κ2) is 7.72. The average molecular weight is 333 g/mol. The largest absolute Gasteiger partial charge is 0.354 e. The second-order valence-electron chi connectivity index (χ2n) is 3.99. The molecule has 0 saturated heterocycles. The average Bonchev–Trinajstić information content (AvgIpc) is 2.38. The van der Waals surface area contributed by atoms with Crippen molar-refractivity contribution < 1.29 is 17.8 Å². The molecule has 0 aliphatic carbocycles. The van der Waals surface area contributed by atoms with Gasteiger partial charge in [-0.25, -0.2) is 0 Å². The van der Waals surface area contributed by atoms with Crippen LogP contribution in [0.4, 0.5) is 0 Å². The van der Waals surface area contributed by atoms with E-state index in [0.717, 1.165) is 5.56 Å². The van der Waals surface area contributed by atoms with Gasteiger partial charge in [-0.05, 0) is 12.5 Å². The Morgan fingerprint density at radius 1 is 1.40 bits per heavy atom. The highest BCUT2D eigenvalue weighted by Gasteiger charge is 2.16. The minimum absolute atomic E-state index is 0.124. The van der Waals surface area contributed by atoms with E-state index in [0.29, 0.717) is 4.20 Å². The maximum atomic E-state index is 11.7. The van der Waals surface area contributed by atoms with E-state index in [1.165, 1.54) is 11.8 Å². The van der Waals surface area contributed by atoms with Crippen molar-refractivity contribution in [3.05, 3.63) is 35.9 Å². The van der Waals surface area contributed by atoms with Gasteiger partial charge >= 0.3 is 0 Å². The van der Waals surface area contributed by atoms with Gasteiger partial charge in [0.05, 0.1) is 15.2 Å². The summed E-state index contributed by atoms with van der Waals surface area (Å²) in [6.07, 6.45) is 0. The molecule has 1 amide bonds. The molecule has 110 valence electrons. The lowest BCUT2D eigenvalue weighted by Gasteiger charge is -2.12. The second-order valence-corrected chi connectivity index (χ2v) is 7.58. The molecular formula is C12H15NO4S3. The van der Waals surface area contributed by atoms with Crippen LogP contribution in [-0.2, 0) is 14.9 Å². The third-order valence-corrected chi connectivity index (χ3v) is 4.58. The normalized spacial score (nSPS) is 12.7. The molecule has 1 aromatic rings. The third-order valence-electron chi connectivity index (χ3n) is 2.32. The molecule has 0 aliphatic heterocycles. The van der Waals surface area contributed by atoms with Crippen molar-refractivity contribution in [2.45, 2.75) is 12.2 Å². The molecule has 0 aliphatic rings. The number of thioether (sulfide) groups is 1. The molecule has 0 saturated carbocycles. The van der Waals surface area contributed by atoms with Crippen molar-refractivity contribution in [1.29, 1.82) is 0 Å². The summed E-state index contributed by atoms with van der Waals surface area (Å²) in [5, 5.41) is 2.00. The maximum absolute atomic E-state index is 11.7. The van der Waals surface area contributed by atoms with Crippen LogP contribution in [-0.4, -0.2) is 40.6 Å². The number of nitrogens with one attached hydrogen (secondary N) is 1. The van der Waals surface area contributed by atoms with E-state index in [1.807, 2.05) is 30.3 Å². The molecule has 0 fully saturated rings. The quantitative estimate of drug-likeness (QED) is 0.606. The molecule has 8 heteroatoms. The van der Waals surface area contributed by atoms with E-state index in [-0.39, 0.29) is 12.5 Å². The fraction of sp³-hybridized carbons (Fsp3) is 0.333. The Morgan fingerprint density at radius 2 is 2.00 bits per heavy atom. The van der Waals surface area contributed by atoms with Gasteiger partial charge in [-0.2, -0.15) is 8.42 Å². The van der Waals surface area contributed by atoms with Crippen LogP contribution in [0, 0.1) is 0 Å². The van der Waals surface area contributed by atoms with Gasteiger partial charge in [0.2, 0.25) is 5.91 Å². The van der Waals surface area contributed by atoms with Crippen LogP contribution in [0.2, 0.25) is 0 Å². The topological polar surface area (TPSA) is 83.5 Å². The van der Waals surface area contributed by atoms with Gasteiger partial charge in [0.25, 0.3) is 10.1 Å². The van der Waals surface area contributed by atoms with E-state index >= 15 is 0 Å². The number of benzene rings is 1. The molecule has 1 rings (SSSR count). The number of carbonyl (C=O) groups is 1. The number of hydrogen-bond donors (Lipinski definition) is 2. The van der Waals surface area contributed by atoms with E-state index in [2.05, 4.69) is 5.32 Å². The molecule has 1 aromatic carbocycles. The standard InChI is InChI=1S/C12H15NO4S3/c1-9(11(14)13-7-8-20(15,16)17)19-12(18)10-5-3-2-4-6-10/h2-6,9H,7-8H2,1H3,(H,13,14)(H,15,16,17). The van der Waals surface area contributed by atoms with Crippen LogP contribution in [0.15, 0.2) is 30.3 Å². The first-order chi connectivity index (χ1) is 9.29. The summed E-state index contributed by atoms with van der Waals surface area (Å²) in [4.78, 5) is 11.7. The van der Waals surface area contributed by atoms with Crippen molar-refractivity contribution >= 4 is 44.2 Å². The molecule has 0 radical (unpaired) electrons. The first-order valence-corrected chi connectivity index (χ1v) is 8.68. The van der Waals surface area contributed by atoms with Crippen molar-refractivity contribution in [2.75, 3.05) is 12.3 Å². The SMILES string of the molecule is CC(SC(=S)c1ccccc1)C(=O)NCCS(=O)(=O)O. The Morgan fingerprint density at radius 3 is 2.55 bits per heavy atom. The highest BCUT2D eigenvalue weighted by molar-refractivity contribution is 8.24. The van der Waals surface area contributed by atoms with E-state index in [9.17, 15) is 13.2 Å². The van der Waals surface area contributed by atoms with E-state index in [1.54, 1.807) is 6.92 Å². The first kappa shape index (κ1) is 17.1. The Bertz CT molecular complexity index is 572. The zero-order chi connectivity index (χ0) is 15.2. The highest BCUT2D eigenvalue weighted by atomic mass is 32.2. The molecule has 20 heavy (non-hydrogen) atoms. The Hall–Kier alpha value is -0.960. The lowest BCUT2D eigenvalue weighted by molar-refractivity contribution is -0.120. The molecule has 0 heterocycles. The summed E-state index contributed by atoms with van der Waals surface area (Å²) in [7, 11) is -4.06. The molecular weight excluding hydrogens is 318 g/mol. The number of hydrogen-bond acceptors (Lipinski definition) is 5. The van der Waals surface area contributed by atoms with E-state index < -0.39 is 21.1 Å². The Labute approximate surface area is 127 Å². The molecule has 2 N–H and O–H groups in total. The predicted molar refractivity (Wildman–Crippen MR) is 84.6 cm³/mol. The zero-order valence-electron chi connectivity index (χ0n) is 10.8. The summed E-state index contributed by atoms with van der Waals surface area (Å²) in [6, 6.07) is 9.32. The number of rotatable bonds is 6. The van der Waals surface area contributed by atoms with Gasteiger partial charge in [-0.3, -0.25) is 9.35 Å². The molecule has 0 aromatic heterocycles. The van der Waals surface area contributed by atoms with Crippen LogP contribution in [0.25, 0.3) is 0 Å². The van der Waals surface area contributed by atoms with Crippen LogP contribution in [0.3, 0.4) is 0 Å². The van der Waals surface area contributed by atoms with E-state index in [4.69, 9.17) is 16.8 Å². The Balaban J connectivity index is 2.44. The fourth-order valence-corrected chi connectivity index (χ4v) is 3.02.